The van der Waals surface area contributed by atoms with Crippen LogP contribution < -0.4 is 10.6 Å². The van der Waals surface area contributed by atoms with Crippen molar-refractivity contribution in [2.75, 3.05) is 18.5 Å². The van der Waals surface area contributed by atoms with Crippen LogP contribution in [0, 0.1) is 0 Å². The second-order valence-corrected chi connectivity index (χ2v) is 4.60. The van der Waals surface area contributed by atoms with E-state index in [1.165, 1.54) is 12.1 Å². The Balaban J connectivity index is 1.87. The van der Waals surface area contributed by atoms with Crippen LogP contribution in [-0.4, -0.2) is 25.3 Å². The van der Waals surface area contributed by atoms with E-state index < -0.39 is 17.8 Å². The van der Waals surface area contributed by atoms with Crippen molar-refractivity contribution < 1.29 is 22.7 Å². The van der Waals surface area contributed by atoms with Gasteiger partial charge in [-0.1, -0.05) is 6.07 Å². The van der Waals surface area contributed by atoms with Crippen LogP contribution >= 0.6 is 0 Å². The van der Waals surface area contributed by atoms with E-state index in [9.17, 15) is 18.0 Å². The van der Waals surface area contributed by atoms with Gasteiger partial charge in [-0.15, -0.1) is 0 Å². The maximum absolute atomic E-state index is 12.5. The van der Waals surface area contributed by atoms with Gasteiger partial charge < -0.3 is 10.1 Å². The maximum Gasteiger partial charge on any atom is 0.416 e. The molecule has 1 aromatic rings. The van der Waals surface area contributed by atoms with Gasteiger partial charge in [-0.05, 0) is 37.6 Å². The van der Waals surface area contributed by atoms with E-state index in [1.54, 1.807) is 0 Å². The summed E-state index contributed by atoms with van der Waals surface area (Å²) in [5.74, 6) is 0. The zero-order chi connectivity index (χ0) is 14.6. The number of ether oxygens (including phenoxy) is 1. The number of alkyl halides is 3. The molecule has 1 atom stereocenters. The molecule has 0 saturated carbocycles. The molecule has 1 fully saturated rings. The second-order valence-electron chi connectivity index (χ2n) is 4.60. The maximum atomic E-state index is 12.5. The van der Waals surface area contributed by atoms with E-state index >= 15 is 0 Å². The molecular formula is C13H15F3N2O2. The highest BCUT2D eigenvalue weighted by atomic mass is 19.4. The Morgan fingerprint density at radius 1 is 1.45 bits per heavy atom. The molecule has 1 aliphatic rings. The van der Waals surface area contributed by atoms with Crippen LogP contribution in [0.25, 0.3) is 0 Å². The van der Waals surface area contributed by atoms with Crippen molar-refractivity contribution >= 4 is 11.8 Å². The van der Waals surface area contributed by atoms with Crippen molar-refractivity contribution in [1.82, 2.24) is 5.32 Å². The van der Waals surface area contributed by atoms with Crippen molar-refractivity contribution in [3.05, 3.63) is 29.8 Å². The first-order valence-corrected chi connectivity index (χ1v) is 6.29. The quantitative estimate of drug-likeness (QED) is 0.899. The van der Waals surface area contributed by atoms with Gasteiger partial charge in [-0.3, -0.25) is 5.32 Å². The van der Waals surface area contributed by atoms with Crippen LogP contribution in [0.4, 0.5) is 23.7 Å². The Kier molecular flexibility index (Phi) is 4.49. The minimum Gasteiger partial charge on any atom is -0.448 e. The summed E-state index contributed by atoms with van der Waals surface area (Å²) in [6.45, 7) is 1.11. The van der Waals surface area contributed by atoms with Gasteiger partial charge >= 0.3 is 12.3 Å². The van der Waals surface area contributed by atoms with Crippen molar-refractivity contribution in [3.63, 3.8) is 0 Å². The lowest BCUT2D eigenvalue weighted by Gasteiger charge is -2.12. The lowest BCUT2D eigenvalue weighted by atomic mass is 10.2. The third kappa shape index (κ3) is 4.12. The summed E-state index contributed by atoms with van der Waals surface area (Å²) < 4.78 is 42.5. The third-order valence-electron chi connectivity index (χ3n) is 3.01. The molecule has 1 heterocycles. The first kappa shape index (κ1) is 14.6. The van der Waals surface area contributed by atoms with Crippen molar-refractivity contribution in [1.29, 1.82) is 0 Å². The number of hydrogen-bond acceptors (Lipinski definition) is 3. The molecule has 2 N–H and O–H groups in total. The van der Waals surface area contributed by atoms with Crippen LogP contribution in [0.3, 0.4) is 0 Å². The van der Waals surface area contributed by atoms with Crippen LogP contribution in [0.5, 0.6) is 0 Å². The smallest absolute Gasteiger partial charge is 0.416 e. The van der Waals surface area contributed by atoms with Crippen LogP contribution in [-0.2, 0) is 10.9 Å². The molecule has 1 saturated heterocycles. The zero-order valence-corrected chi connectivity index (χ0v) is 10.7. The van der Waals surface area contributed by atoms with Crippen molar-refractivity contribution in [2.24, 2.45) is 0 Å². The Morgan fingerprint density at radius 3 is 2.90 bits per heavy atom. The average Bonchev–Trinajstić information content (AvgIpc) is 2.89. The third-order valence-corrected chi connectivity index (χ3v) is 3.01. The van der Waals surface area contributed by atoms with Gasteiger partial charge in [0.15, 0.2) is 0 Å². The SMILES string of the molecule is O=C(Nc1cccc(C(F)(F)F)c1)OCC1CCCN1. The van der Waals surface area contributed by atoms with E-state index in [2.05, 4.69) is 10.6 Å². The molecule has 0 spiro atoms. The number of halogens is 3. The molecule has 1 unspecified atom stereocenters. The molecule has 1 aliphatic heterocycles. The molecular weight excluding hydrogens is 273 g/mol. The minimum atomic E-state index is -4.44. The predicted molar refractivity (Wildman–Crippen MR) is 67.4 cm³/mol. The number of nitrogens with one attached hydrogen (secondary N) is 2. The van der Waals surface area contributed by atoms with E-state index in [0.29, 0.717) is 0 Å². The van der Waals surface area contributed by atoms with Gasteiger partial charge in [-0.2, -0.15) is 13.2 Å². The summed E-state index contributed by atoms with van der Waals surface area (Å²) in [5, 5.41) is 5.44. The number of benzene rings is 1. The Morgan fingerprint density at radius 2 is 2.25 bits per heavy atom. The Labute approximate surface area is 114 Å². The highest BCUT2D eigenvalue weighted by Crippen LogP contribution is 2.30. The summed E-state index contributed by atoms with van der Waals surface area (Å²) in [7, 11) is 0. The van der Waals surface area contributed by atoms with Crippen LogP contribution in [0.15, 0.2) is 24.3 Å². The fraction of sp³-hybridized carbons (Fsp3) is 0.462. The molecule has 1 aromatic carbocycles. The summed E-state index contributed by atoms with van der Waals surface area (Å²) >= 11 is 0. The lowest BCUT2D eigenvalue weighted by Crippen LogP contribution is -2.29. The minimum absolute atomic E-state index is 0.0595. The number of rotatable bonds is 3. The highest BCUT2D eigenvalue weighted by Gasteiger charge is 2.30. The molecule has 2 rings (SSSR count). The van der Waals surface area contributed by atoms with Gasteiger partial charge in [0.2, 0.25) is 0 Å². The summed E-state index contributed by atoms with van der Waals surface area (Å²) in [4.78, 5) is 11.5. The van der Waals surface area contributed by atoms with Crippen LogP contribution in [0.1, 0.15) is 18.4 Å². The van der Waals surface area contributed by atoms with E-state index in [-0.39, 0.29) is 18.3 Å². The number of anilines is 1. The molecule has 0 aliphatic carbocycles. The summed E-state index contributed by atoms with van der Waals surface area (Å²) in [6, 6.07) is 4.55. The first-order valence-electron chi connectivity index (χ1n) is 6.29. The van der Waals surface area contributed by atoms with E-state index in [0.717, 1.165) is 31.5 Å². The van der Waals surface area contributed by atoms with Gasteiger partial charge in [0.05, 0.1) is 5.56 Å². The van der Waals surface area contributed by atoms with Gasteiger partial charge in [0.25, 0.3) is 0 Å². The number of amides is 1. The molecule has 110 valence electrons. The molecule has 1 amide bonds. The number of carbonyl (C=O) groups excluding carboxylic acids is 1. The number of carbonyl (C=O) groups is 1. The molecule has 0 bridgehead atoms. The van der Waals surface area contributed by atoms with E-state index in [1.807, 2.05) is 0 Å². The van der Waals surface area contributed by atoms with Crippen molar-refractivity contribution in [3.8, 4) is 0 Å². The fourth-order valence-electron chi connectivity index (χ4n) is 2.00. The topological polar surface area (TPSA) is 50.4 Å². The molecule has 20 heavy (non-hydrogen) atoms. The Hall–Kier alpha value is -1.76. The van der Waals surface area contributed by atoms with E-state index in [4.69, 9.17) is 4.74 Å². The first-order chi connectivity index (χ1) is 9.45. The Bertz CT molecular complexity index is 471. The van der Waals surface area contributed by atoms with Crippen molar-refractivity contribution in [2.45, 2.75) is 25.1 Å². The largest absolute Gasteiger partial charge is 0.448 e. The molecule has 7 heteroatoms. The predicted octanol–water partition coefficient (Wildman–Crippen LogP) is 3.01. The molecule has 4 nitrogen and oxygen atoms in total. The molecule has 0 radical (unpaired) electrons. The molecule has 0 aromatic heterocycles. The monoisotopic (exact) mass is 288 g/mol. The lowest BCUT2D eigenvalue weighted by molar-refractivity contribution is -0.137. The van der Waals surface area contributed by atoms with Crippen LogP contribution in [0.2, 0.25) is 0 Å². The normalized spacial score (nSPS) is 18.9. The van der Waals surface area contributed by atoms with Gasteiger partial charge in [0.1, 0.15) is 6.61 Å². The highest BCUT2D eigenvalue weighted by molar-refractivity contribution is 5.84. The number of hydrogen-bond donors (Lipinski definition) is 2. The summed E-state index contributed by atoms with van der Waals surface area (Å²) in [6.07, 6.45) is -3.23. The second kappa shape index (κ2) is 6.13. The average molecular weight is 288 g/mol. The summed E-state index contributed by atoms with van der Waals surface area (Å²) in [5.41, 5.74) is -0.753. The van der Waals surface area contributed by atoms with Gasteiger partial charge in [-0.25, -0.2) is 4.79 Å². The fourth-order valence-corrected chi connectivity index (χ4v) is 2.00. The zero-order valence-electron chi connectivity index (χ0n) is 10.7. The standard InChI is InChI=1S/C13H15F3N2O2/c14-13(15,16)9-3-1-4-10(7-9)18-12(19)20-8-11-5-2-6-17-11/h1,3-4,7,11,17H,2,5-6,8H2,(H,18,19). The van der Waals surface area contributed by atoms with Gasteiger partial charge in [0, 0.05) is 11.7 Å².